The lowest BCUT2D eigenvalue weighted by atomic mass is 9.85. The quantitative estimate of drug-likeness (QED) is 0.889. The molecule has 0 saturated heterocycles. The summed E-state index contributed by atoms with van der Waals surface area (Å²) in [6.45, 7) is 4.23. The zero-order valence-electron chi connectivity index (χ0n) is 12.8. The highest BCUT2D eigenvalue weighted by Crippen LogP contribution is 2.21. The van der Waals surface area contributed by atoms with Crippen molar-refractivity contribution in [2.45, 2.75) is 51.6 Å². The molecule has 0 heterocycles. The van der Waals surface area contributed by atoms with Crippen LogP contribution in [0.1, 0.15) is 45.1 Å². The van der Waals surface area contributed by atoms with Gasteiger partial charge in [-0.2, -0.15) is 5.26 Å². The Morgan fingerprint density at radius 3 is 2.90 bits per heavy atom. The SMILES string of the molecule is C[C@H]([NH2+][C@@H]1CCCC[C@H]1C)C(=O)Nc1cccc(C#N)c1. The van der Waals surface area contributed by atoms with E-state index in [2.05, 4.69) is 23.6 Å². The number of nitrogens with two attached hydrogens (primary N) is 1. The lowest BCUT2D eigenvalue weighted by Crippen LogP contribution is -2.97. The zero-order chi connectivity index (χ0) is 15.2. The fourth-order valence-corrected chi connectivity index (χ4v) is 3.01. The number of nitrogens with zero attached hydrogens (tertiary/aromatic N) is 1. The second kappa shape index (κ2) is 7.24. The topological polar surface area (TPSA) is 69.5 Å². The first-order valence-corrected chi connectivity index (χ1v) is 7.76. The number of carbonyl (C=O) groups excluding carboxylic acids is 1. The van der Waals surface area contributed by atoms with Crippen LogP contribution >= 0.6 is 0 Å². The van der Waals surface area contributed by atoms with Gasteiger partial charge in [-0.25, -0.2) is 0 Å². The van der Waals surface area contributed by atoms with E-state index in [0.29, 0.717) is 23.2 Å². The Labute approximate surface area is 126 Å². The summed E-state index contributed by atoms with van der Waals surface area (Å²) >= 11 is 0. The first kappa shape index (κ1) is 15.5. The molecule has 4 nitrogen and oxygen atoms in total. The minimum atomic E-state index is -0.110. The van der Waals surface area contributed by atoms with Crippen LogP contribution in [0, 0.1) is 17.2 Å². The molecule has 21 heavy (non-hydrogen) atoms. The van der Waals surface area contributed by atoms with Gasteiger partial charge in [-0.3, -0.25) is 4.79 Å². The van der Waals surface area contributed by atoms with E-state index in [4.69, 9.17) is 5.26 Å². The van der Waals surface area contributed by atoms with Crippen molar-refractivity contribution in [3.05, 3.63) is 29.8 Å². The lowest BCUT2D eigenvalue weighted by molar-refractivity contribution is -0.714. The number of hydrogen-bond acceptors (Lipinski definition) is 2. The van der Waals surface area contributed by atoms with Crippen molar-refractivity contribution in [2.75, 3.05) is 5.32 Å². The van der Waals surface area contributed by atoms with E-state index in [1.165, 1.54) is 25.7 Å². The van der Waals surface area contributed by atoms with Crippen molar-refractivity contribution in [2.24, 2.45) is 5.92 Å². The summed E-state index contributed by atoms with van der Waals surface area (Å²) < 4.78 is 0. The van der Waals surface area contributed by atoms with Crippen molar-refractivity contribution in [3.63, 3.8) is 0 Å². The summed E-state index contributed by atoms with van der Waals surface area (Å²) in [5.74, 6) is 0.679. The fraction of sp³-hybridized carbons (Fsp3) is 0.529. The van der Waals surface area contributed by atoms with E-state index in [0.717, 1.165) is 0 Å². The number of carbonyl (C=O) groups is 1. The van der Waals surface area contributed by atoms with Gasteiger partial charge in [0.2, 0.25) is 0 Å². The van der Waals surface area contributed by atoms with Gasteiger partial charge in [-0.1, -0.05) is 19.4 Å². The van der Waals surface area contributed by atoms with Crippen LogP contribution in [0.2, 0.25) is 0 Å². The molecule has 1 aromatic carbocycles. The van der Waals surface area contributed by atoms with Crippen LogP contribution in [0.25, 0.3) is 0 Å². The molecule has 0 aliphatic heterocycles. The molecule has 1 saturated carbocycles. The van der Waals surface area contributed by atoms with Crippen LogP contribution in [-0.4, -0.2) is 18.0 Å². The number of hydrogen-bond donors (Lipinski definition) is 2. The normalized spacial score (nSPS) is 23.1. The van der Waals surface area contributed by atoms with E-state index in [-0.39, 0.29) is 11.9 Å². The molecule has 4 heteroatoms. The second-order valence-electron chi connectivity index (χ2n) is 6.09. The van der Waals surface area contributed by atoms with Crippen LogP contribution in [0.3, 0.4) is 0 Å². The van der Waals surface area contributed by atoms with Gasteiger partial charge in [0.25, 0.3) is 5.91 Å². The van der Waals surface area contributed by atoms with Crippen LogP contribution in [-0.2, 0) is 4.79 Å². The van der Waals surface area contributed by atoms with Crippen LogP contribution < -0.4 is 10.6 Å². The molecule has 0 aromatic heterocycles. The summed E-state index contributed by atoms with van der Waals surface area (Å²) in [7, 11) is 0. The average Bonchev–Trinajstić information content (AvgIpc) is 2.49. The monoisotopic (exact) mass is 286 g/mol. The molecule has 1 aromatic rings. The number of amides is 1. The van der Waals surface area contributed by atoms with Gasteiger partial charge in [0.15, 0.2) is 6.04 Å². The van der Waals surface area contributed by atoms with Gasteiger partial charge in [0.05, 0.1) is 17.7 Å². The Balaban J connectivity index is 1.91. The minimum absolute atomic E-state index is 0.00265. The third-order valence-electron chi connectivity index (χ3n) is 4.39. The molecule has 1 amide bonds. The Morgan fingerprint density at radius 1 is 1.43 bits per heavy atom. The van der Waals surface area contributed by atoms with E-state index >= 15 is 0 Å². The largest absolute Gasteiger partial charge is 0.334 e. The zero-order valence-corrected chi connectivity index (χ0v) is 12.8. The molecule has 0 bridgehead atoms. The van der Waals surface area contributed by atoms with E-state index < -0.39 is 0 Å². The highest BCUT2D eigenvalue weighted by atomic mass is 16.2. The van der Waals surface area contributed by atoms with Crippen molar-refractivity contribution in [3.8, 4) is 6.07 Å². The molecule has 0 radical (unpaired) electrons. The van der Waals surface area contributed by atoms with Gasteiger partial charge in [0.1, 0.15) is 0 Å². The molecule has 1 aliphatic rings. The number of benzene rings is 1. The van der Waals surface area contributed by atoms with Gasteiger partial charge in [0, 0.05) is 11.6 Å². The van der Waals surface area contributed by atoms with Crippen LogP contribution in [0.4, 0.5) is 5.69 Å². The Hall–Kier alpha value is -1.86. The molecular formula is C17H24N3O+. The summed E-state index contributed by atoms with van der Waals surface area (Å²) in [5, 5.41) is 14.0. The highest BCUT2D eigenvalue weighted by molar-refractivity contribution is 5.93. The van der Waals surface area contributed by atoms with Crippen molar-refractivity contribution in [1.82, 2.24) is 0 Å². The van der Waals surface area contributed by atoms with Gasteiger partial charge >= 0.3 is 0 Å². The van der Waals surface area contributed by atoms with Crippen LogP contribution in [0.5, 0.6) is 0 Å². The predicted octanol–water partition coefficient (Wildman–Crippen LogP) is 2.03. The first-order valence-electron chi connectivity index (χ1n) is 7.76. The van der Waals surface area contributed by atoms with Gasteiger partial charge in [-0.15, -0.1) is 0 Å². The lowest BCUT2D eigenvalue weighted by Gasteiger charge is -2.28. The molecule has 1 aliphatic carbocycles. The molecule has 1 fully saturated rings. The third-order valence-corrected chi connectivity index (χ3v) is 4.39. The first-order chi connectivity index (χ1) is 10.1. The smallest absolute Gasteiger partial charge is 0.282 e. The molecule has 0 spiro atoms. The van der Waals surface area contributed by atoms with Gasteiger partial charge < -0.3 is 10.6 Å². The maximum absolute atomic E-state index is 12.3. The molecule has 112 valence electrons. The summed E-state index contributed by atoms with van der Waals surface area (Å²) in [4.78, 5) is 12.3. The summed E-state index contributed by atoms with van der Waals surface area (Å²) in [5.41, 5.74) is 1.25. The highest BCUT2D eigenvalue weighted by Gasteiger charge is 2.28. The summed E-state index contributed by atoms with van der Waals surface area (Å²) in [6, 6.07) is 9.55. The van der Waals surface area contributed by atoms with E-state index in [1.807, 2.05) is 13.0 Å². The molecular weight excluding hydrogens is 262 g/mol. The molecule has 3 N–H and O–H groups in total. The Bertz CT molecular complexity index is 535. The predicted molar refractivity (Wildman–Crippen MR) is 82.6 cm³/mol. The number of quaternary nitrogens is 1. The van der Waals surface area contributed by atoms with Gasteiger partial charge in [-0.05, 0) is 44.4 Å². The number of nitriles is 1. The second-order valence-corrected chi connectivity index (χ2v) is 6.09. The molecule has 2 rings (SSSR count). The van der Waals surface area contributed by atoms with E-state index in [9.17, 15) is 4.79 Å². The third kappa shape index (κ3) is 4.30. The van der Waals surface area contributed by atoms with Crippen molar-refractivity contribution in [1.29, 1.82) is 5.26 Å². The maximum Gasteiger partial charge on any atom is 0.282 e. The number of rotatable bonds is 4. The number of nitrogens with one attached hydrogen (secondary N) is 1. The average molecular weight is 286 g/mol. The van der Waals surface area contributed by atoms with E-state index in [1.54, 1.807) is 18.2 Å². The minimum Gasteiger partial charge on any atom is -0.334 e. The fourth-order valence-electron chi connectivity index (χ4n) is 3.01. The van der Waals surface area contributed by atoms with Crippen LogP contribution in [0.15, 0.2) is 24.3 Å². The summed E-state index contributed by atoms with van der Waals surface area (Å²) in [6.07, 6.45) is 5.04. The number of anilines is 1. The molecule has 3 atom stereocenters. The standard InChI is InChI=1S/C17H23N3O/c1-12-6-3-4-9-16(12)19-13(2)17(21)20-15-8-5-7-14(10-15)11-18/h5,7-8,10,12-13,16,19H,3-4,6,9H2,1-2H3,(H,20,21)/p+1/t12-,13+,16-/m1/s1. The Kier molecular flexibility index (Phi) is 5.35. The maximum atomic E-state index is 12.3. The Morgan fingerprint density at radius 2 is 2.19 bits per heavy atom. The van der Waals surface area contributed by atoms with Crippen molar-refractivity contribution < 1.29 is 10.1 Å². The van der Waals surface area contributed by atoms with Crippen molar-refractivity contribution >= 4 is 11.6 Å². The molecule has 0 unspecified atom stereocenters.